The molecule has 0 radical (unpaired) electrons. The number of aryl methyl sites for hydroxylation is 1. The van der Waals surface area contributed by atoms with Crippen LogP contribution in [-0.4, -0.2) is 33.4 Å². The summed E-state index contributed by atoms with van der Waals surface area (Å²) in [5.41, 5.74) is 2.21. The molecule has 1 fully saturated rings. The van der Waals surface area contributed by atoms with Crippen LogP contribution >= 0.6 is 0 Å². The van der Waals surface area contributed by atoms with Gasteiger partial charge in [0.25, 0.3) is 0 Å². The molecule has 0 saturated carbocycles. The second-order valence-corrected chi connectivity index (χ2v) is 4.93. The fourth-order valence-corrected chi connectivity index (χ4v) is 2.28. The van der Waals surface area contributed by atoms with E-state index in [1.165, 1.54) is 5.56 Å². The highest BCUT2D eigenvalue weighted by molar-refractivity contribution is 5.38. The molecule has 1 aromatic carbocycles. The smallest absolute Gasteiger partial charge is 0.192 e. The molecule has 1 aliphatic rings. The minimum absolute atomic E-state index is 0.261. The lowest BCUT2D eigenvalue weighted by Gasteiger charge is -2.38. The van der Waals surface area contributed by atoms with Crippen LogP contribution in [0.2, 0.25) is 0 Å². The van der Waals surface area contributed by atoms with Crippen molar-refractivity contribution < 1.29 is 14.2 Å². The van der Waals surface area contributed by atoms with Crippen molar-refractivity contribution in [3.63, 3.8) is 0 Å². The van der Waals surface area contributed by atoms with Crippen LogP contribution in [-0.2, 0) is 21.7 Å². The van der Waals surface area contributed by atoms with Crippen LogP contribution < -0.4 is 10.1 Å². The highest BCUT2D eigenvalue weighted by atomic mass is 16.7. The Labute approximate surface area is 115 Å². The number of rotatable bonds is 4. The average Bonchev–Trinajstić information content (AvgIpc) is 2.47. The number of hydrogen-bond donors (Lipinski definition) is 1. The fraction of sp³-hybridized carbons (Fsp3) is 0.600. The van der Waals surface area contributed by atoms with Gasteiger partial charge in [-0.2, -0.15) is 0 Å². The standard InChI is InChI=1S/C15H23NO3/c1-5-11-8-12(6-7-14(11)17-4)15(2)18-9-13(16-3)10-19-15/h6-8,13,16H,5,9-10H2,1-4H3. The molecule has 1 aromatic rings. The molecule has 1 N–H and O–H groups in total. The van der Waals surface area contributed by atoms with Crippen molar-refractivity contribution in [1.82, 2.24) is 5.32 Å². The Morgan fingerprint density at radius 3 is 2.58 bits per heavy atom. The van der Waals surface area contributed by atoms with E-state index in [0.29, 0.717) is 13.2 Å². The van der Waals surface area contributed by atoms with Crippen LogP contribution in [0.25, 0.3) is 0 Å². The van der Waals surface area contributed by atoms with E-state index < -0.39 is 5.79 Å². The van der Waals surface area contributed by atoms with Gasteiger partial charge in [0.1, 0.15) is 5.75 Å². The van der Waals surface area contributed by atoms with Gasteiger partial charge in [0.15, 0.2) is 5.79 Å². The monoisotopic (exact) mass is 265 g/mol. The number of methoxy groups -OCH3 is 1. The van der Waals surface area contributed by atoms with Gasteiger partial charge in [-0.3, -0.25) is 0 Å². The van der Waals surface area contributed by atoms with Crippen LogP contribution in [0.1, 0.15) is 25.0 Å². The van der Waals surface area contributed by atoms with Crippen molar-refractivity contribution >= 4 is 0 Å². The summed E-state index contributed by atoms with van der Waals surface area (Å²) < 4.78 is 17.2. The Bertz CT molecular complexity index is 425. The van der Waals surface area contributed by atoms with Crippen molar-refractivity contribution in [2.24, 2.45) is 0 Å². The van der Waals surface area contributed by atoms with Gasteiger partial charge in [-0.05, 0) is 44.2 Å². The van der Waals surface area contributed by atoms with Gasteiger partial charge in [-0.15, -0.1) is 0 Å². The van der Waals surface area contributed by atoms with Crippen LogP contribution in [0.4, 0.5) is 0 Å². The molecule has 1 saturated heterocycles. The first-order valence-corrected chi connectivity index (χ1v) is 6.75. The lowest BCUT2D eigenvalue weighted by molar-refractivity contribution is -0.272. The second kappa shape index (κ2) is 5.90. The van der Waals surface area contributed by atoms with Gasteiger partial charge in [0.2, 0.25) is 0 Å². The zero-order valence-electron chi connectivity index (χ0n) is 12.2. The summed E-state index contributed by atoms with van der Waals surface area (Å²) in [7, 11) is 3.61. The van der Waals surface area contributed by atoms with Crippen LogP contribution in [0.5, 0.6) is 5.75 Å². The molecule has 1 aliphatic heterocycles. The maximum absolute atomic E-state index is 5.90. The van der Waals surface area contributed by atoms with E-state index in [-0.39, 0.29) is 6.04 Å². The van der Waals surface area contributed by atoms with Gasteiger partial charge in [-0.1, -0.05) is 6.92 Å². The number of nitrogens with one attached hydrogen (secondary N) is 1. The lowest BCUT2D eigenvalue weighted by Crippen LogP contribution is -2.47. The predicted molar refractivity (Wildman–Crippen MR) is 74.5 cm³/mol. The lowest BCUT2D eigenvalue weighted by atomic mass is 10.0. The molecule has 0 unspecified atom stereocenters. The molecular formula is C15H23NO3. The molecule has 106 valence electrons. The predicted octanol–water partition coefficient (Wildman–Crippen LogP) is 2.07. The Hall–Kier alpha value is -1.10. The van der Waals surface area contributed by atoms with Crippen LogP contribution in [0, 0.1) is 0 Å². The Morgan fingerprint density at radius 1 is 1.37 bits per heavy atom. The average molecular weight is 265 g/mol. The van der Waals surface area contributed by atoms with Crippen molar-refractivity contribution in [3.8, 4) is 5.75 Å². The van der Waals surface area contributed by atoms with E-state index in [4.69, 9.17) is 14.2 Å². The number of benzene rings is 1. The summed E-state index contributed by atoms with van der Waals surface area (Å²) in [4.78, 5) is 0. The summed E-state index contributed by atoms with van der Waals surface area (Å²) in [5, 5.41) is 3.16. The quantitative estimate of drug-likeness (QED) is 0.904. The van der Waals surface area contributed by atoms with Crippen molar-refractivity contribution in [3.05, 3.63) is 29.3 Å². The molecule has 0 aliphatic carbocycles. The number of hydrogen-bond acceptors (Lipinski definition) is 4. The van der Waals surface area contributed by atoms with E-state index in [9.17, 15) is 0 Å². The summed E-state index contributed by atoms with van der Waals surface area (Å²) in [6.07, 6.45) is 0.923. The van der Waals surface area contributed by atoms with Gasteiger partial charge in [-0.25, -0.2) is 0 Å². The van der Waals surface area contributed by atoms with E-state index in [1.807, 2.05) is 26.1 Å². The minimum atomic E-state index is -0.663. The first-order chi connectivity index (χ1) is 9.12. The molecule has 4 heteroatoms. The van der Waals surface area contributed by atoms with Gasteiger partial charge in [0, 0.05) is 5.56 Å². The van der Waals surface area contributed by atoms with Crippen molar-refractivity contribution in [1.29, 1.82) is 0 Å². The number of ether oxygens (including phenoxy) is 3. The molecule has 0 aromatic heterocycles. The Kier molecular flexibility index (Phi) is 4.45. The summed E-state index contributed by atoms with van der Waals surface area (Å²) >= 11 is 0. The molecule has 0 spiro atoms. The molecule has 0 amide bonds. The van der Waals surface area contributed by atoms with Gasteiger partial charge in [0.05, 0.1) is 26.4 Å². The minimum Gasteiger partial charge on any atom is -0.496 e. The molecule has 4 nitrogen and oxygen atoms in total. The summed E-state index contributed by atoms with van der Waals surface area (Å²) in [6.45, 7) is 5.39. The largest absolute Gasteiger partial charge is 0.496 e. The first-order valence-electron chi connectivity index (χ1n) is 6.75. The van der Waals surface area contributed by atoms with E-state index in [0.717, 1.165) is 17.7 Å². The zero-order valence-corrected chi connectivity index (χ0v) is 12.2. The van der Waals surface area contributed by atoms with Crippen molar-refractivity contribution in [2.75, 3.05) is 27.4 Å². The maximum Gasteiger partial charge on any atom is 0.192 e. The maximum atomic E-state index is 5.90. The molecule has 1 heterocycles. The Morgan fingerprint density at radius 2 is 2.05 bits per heavy atom. The fourth-order valence-electron chi connectivity index (χ4n) is 2.28. The van der Waals surface area contributed by atoms with Crippen molar-refractivity contribution in [2.45, 2.75) is 32.1 Å². The molecule has 0 bridgehead atoms. The van der Waals surface area contributed by atoms with Gasteiger partial charge >= 0.3 is 0 Å². The van der Waals surface area contributed by atoms with E-state index >= 15 is 0 Å². The molecule has 19 heavy (non-hydrogen) atoms. The highest BCUT2D eigenvalue weighted by Gasteiger charge is 2.34. The summed E-state index contributed by atoms with van der Waals surface area (Å²) in [5.74, 6) is 0.252. The van der Waals surface area contributed by atoms with Crippen LogP contribution in [0.3, 0.4) is 0 Å². The van der Waals surface area contributed by atoms with E-state index in [2.05, 4.69) is 18.3 Å². The SMILES string of the molecule is CCc1cc(C2(C)OCC(NC)CO2)ccc1OC. The highest BCUT2D eigenvalue weighted by Crippen LogP contribution is 2.33. The third kappa shape index (κ3) is 2.91. The van der Waals surface area contributed by atoms with Gasteiger partial charge < -0.3 is 19.5 Å². The van der Waals surface area contributed by atoms with E-state index in [1.54, 1.807) is 7.11 Å². The number of likely N-dealkylation sites (N-methyl/N-ethyl adjacent to an activating group) is 1. The van der Waals surface area contributed by atoms with Crippen LogP contribution in [0.15, 0.2) is 18.2 Å². The molecule has 2 rings (SSSR count). The Balaban J connectivity index is 2.21. The normalized spacial score (nSPS) is 27.3. The zero-order chi connectivity index (χ0) is 13.9. The molecule has 0 atom stereocenters. The molecular weight excluding hydrogens is 242 g/mol. The second-order valence-electron chi connectivity index (χ2n) is 4.93. The third-order valence-corrected chi connectivity index (χ3v) is 3.71. The summed E-state index contributed by atoms with van der Waals surface area (Å²) in [6, 6.07) is 6.36. The topological polar surface area (TPSA) is 39.7 Å². The first kappa shape index (κ1) is 14.3. The third-order valence-electron chi connectivity index (χ3n) is 3.71.